The Labute approximate surface area is 127 Å². The van der Waals surface area contributed by atoms with Gasteiger partial charge in [-0.05, 0) is 18.8 Å². The molecule has 1 amide bonds. The van der Waals surface area contributed by atoms with Gasteiger partial charge in [0.25, 0.3) is 0 Å². The van der Waals surface area contributed by atoms with Crippen molar-refractivity contribution in [3.8, 4) is 0 Å². The lowest BCUT2D eigenvalue weighted by molar-refractivity contribution is -0.156. The van der Waals surface area contributed by atoms with Crippen LogP contribution >= 0.6 is 0 Å². The van der Waals surface area contributed by atoms with Crippen LogP contribution in [0.5, 0.6) is 0 Å². The summed E-state index contributed by atoms with van der Waals surface area (Å²) in [6, 6.07) is 0. The second-order valence-electron chi connectivity index (χ2n) is 5.80. The van der Waals surface area contributed by atoms with E-state index in [9.17, 15) is 9.59 Å². The van der Waals surface area contributed by atoms with E-state index in [-0.39, 0.29) is 12.5 Å². The molecule has 0 aromatic heterocycles. The quantitative estimate of drug-likeness (QED) is 0.375. The Bertz CT molecular complexity index is 312. The Kier molecular flexibility index (Phi) is 9.99. The number of carbonyl (C=O) groups excluding carboxylic acids is 2. The number of amides is 1. The summed E-state index contributed by atoms with van der Waals surface area (Å²) in [6.45, 7) is 9.66. The van der Waals surface area contributed by atoms with Crippen LogP contribution < -0.4 is 5.32 Å². The highest BCUT2D eigenvalue weighted by Crippen LogP contribution is 2.27. The van der Waals surface area contributed by atoms with E-state index in [2.05, 4.69) is 5.32 Å². The van der Waals surface area contributed by atoms with Gasteiger partial charge in [0.15, 0.2) is 0 Å². The highest BCUT2D eigenvalue weighted by molar-refractivity contribution is 5.98. The number of hydrogen-bond donors (Lipinski definition) is 1. The zero-order valence-electron chi connectivity index (χ0n) is 13.9. The van der Waals surface area contributed by atoms with Gasteiger partial charge in [-0.3, -0.25) is 9.59 Å². The van der Waals surface area contributed by atoms with E-state index in [1.54, 1.807) is 14.0 Å². The molecular formula is C15H29NO5. The summed E-state index contributed by atoms with van der Waals surface area (Å²) in [6.07, 6.45) is 0.690. The van der Waals surface area contributed by atoms with Crippen molar-refractivity contribution in [1.82, 2.24) is 5.32 Å². The molecule has 1 atom stereocenters. The van der Waals surface area contributed by atoms with Crippen LogP contribution in [-0.4, -0.2) is 52.0 Å². The van der Waals surface area contributed by atoms with Gasteiger partial charge in [-0.1, -0.05) is 20.8 Å². The van der Waals surface area contributed by atoms with Crippen molar-refractivity contribution in [2.45, 2.75) is 34.1 Å². The summed E-state index contributed by atoms with van der Waals surface area (Å²) in [7, 11) is 1.62. The minimum Gasteiger partial charge on any atom is -0.465 e. The van der Waals surface area contributed by atoms with Crippen molar-refractivity contribution in [2.24, 2.45) is 11.3 Å². The van der Waals surface area contributed by atoms with E-state index < -0.39 is 17.3 Å². The molecule has 0 radical (unpaired) electrons. The molecule has 0 bridgehead atoms. The minimum absolute atomic E-state index is 0.270. The predicted molar refractivity (Wildman–Crippen MR) is 79.9 cm³/mol. The van der Waals surface area contributed by atoms with Crippen LogP contribution in [0.25, 0.3) is 0 Å². The van der Waals surface area contributed by atoms with Crippen LogP contribution in [0, 0.1) is 11.3 Å². The van der Waals surface area contributed by atoms with Gasteiger partial charge >= 0.3 is 5.97 Å². The fourth-order valence-electron chi connectivity index (χ4n) is 1.81. The Balaban J connectivity index is 4.16. The first kappa shape index (κ1) is 19.9. The smallest absolute Gasteiger partial charge is 0.319 e. The second kappa shape index (κ2) is 10.6. The van der Waals surface area contributed by atoms with Crippen LogP contribution in [0.3, 0.4) is 0 Å². The Hall–Kier alpha value is -1.14. The number of nitrogens with one attached hydrogen (secondary N) is 1. The lowest BCUT2D eigenvalue weighted by Gasteiger charge is -2.27. The van der Waals surface area contributed by atoms with Crippen molar-refractivity contribution in [2.75, 3.05) is 40.1 Å². The van der Waals surface area contributed by atoms with E-state index in [0.29, 0.717) is 32.8 Å². The summed E-state index contributed by atoms with van der Waals surface area (Å²) in [5, 5.41) is 2.77. The van der Waals surface area contributed by atoms with Crippen molar-refractivity contribution in [3.63, 3.8) is 0 Å². The van der Waals surface area contributed by atoms with Crippen molar-refractivity contribution < 1.29 is 23.8 Å². The van der Waals surface area contributed by atoms with Gasteiger partial charge in [-0.25, -0.2) is 0 Å². The van der Waals surface area contributed by atoms with Gasteiger partial charge in [-0.2, -0.15) is 0 Å². The number of ether oxygens (including phenoxy) is 3. The molecule has 21 heavy (non-hydrogen) atoms. The maximum Gasteiger partial charge on any atom is 0.319 e. The number of carbonyl (C=O) groups is 2. The van der Waals surface area contributed by atoms with Gasteiger partial charge in [0.2, 0.25) is 5.91 Å². The summed E-state index contributed by atoms with van der Waals surface area (Å²) in [4.78, 5) is 24.1. The average molecular weight is 303 g/mol. The summed E-state index contributed by atoms with van der Waals surface area (Å²) in [5.74, 6) is -1.57. The first-order valence-electron chi connectivity index (χ1n) is 7.35. The predicted octanol–water partition coefficient (Wildman–Crippen LogP) is 1.38. The maximum atomic E-state index is 12.2. The molecule has 0 saturated heterocycles. The van der Waals surface area contributed by atoms with Crippen LogP contribution in [0.2, 0.25) is 0 Å². The molecule has 0 aliphatic rings. The number of rotatable bonds is 10. The molecule has 0 aliphatic carbocycles. The van der Waals surface area contributed by atoms with E-state index in [4.69, 9.17) is 14.2 Å². The normalized spacial score (nSPS) is 12.8. The molecular weight excluding hydrogens is 274 g/mol. The van der Waals surface area contributed by atoms with Gasteiger partial charge in [0.05, 0.1) is 19.8 Å². The van der Waals surface area contributed by atoms with Gasteiger partial charge < -0.3 is 19.5 Å². The number of esters is 1. The third-order valence-corrected chi connectivity index (χ3v) is 2.85. The first-order valence-corrected chi connectivity index (χ1v) is 7.35. The van der Waals surface area contributed by atoms with Crippen molar-refractivity contribution in [1.29, 1.82) is 0 Å². The average Bonchev–Trinajstić information content (AvgIpc) is 2.36. The molecule has 0 fully saturated rings. The zero-order valence-corrected chi connectivity index (χ0v) is 13.9. The molecule has 0 heterocycles. The van der Waals surface area contributed by atoms with E-state index in [0.717, 1.165) is 0 Å². The number of methoxy groups -OCH3 is 1. The van der Waals surface area contributed by atoms with E-state index in [1.165, 1.54) is 0 Å². The van der Waals surface area contributed by atoms with Crippen LogP contribution in [0.1, 0.15) is 34.1 Å². The Morgan fingerprint density at radius 1 is 1.14 bits per heavy atom. The van der Waals surface area contributed by atoms with E-state index >= 15 is 0 Å². The van der Waals surface area contributed by atoms with Gasteiger partial charge in [0.1, 0.15) is 5.92 Å². The Morgan fingerprint density at radius 2 is 1.81 bits per heavy atom. The standard InChI is InChI=1S/C15H29NO5/c1-6-21-14(18)12(15(2,3)4)13(17)16-8-7-9-20-11-10-19-5/h12H,6-11H2,1-5H3,(H,16,17). The lowest BCUT2D eigenvalue weighted by atomic mass is 9.80. The molecule has 1 N–H and O–H groups in total. The maximum absolute atomic E-state index is 12.2. The largest absolute Gasteiger partial charge is 0.465 e. The highest BCUT2D eigenvalue weighted by atomic mass is 16.5. The topological polar surface area (TPSA) is 73.9 Å². The lowest BCUT2D eigenvalue weighted by Crippen LogP contribution is -2.44. The molecule has 124 valence electrons. The Morgan fingerprint density at radius 3 is 2.33 bits per heavy atom. The van der Waals surface area contributed by atoms with Gasteiger partial charge in [-0.15, -0.1) is 0 Å². The molecule has 0 aliphatic heterocycles. The van der Waals surface area contributed by atoms with Crippen molar-refractivity contribution in [3.05, 3.63) is 0 Å². The molecule has 6 heteroatoms. The SMILES string of the molecule is CCOC(=O)C(C(=O)NCCCOCCOC)C(C)(C)C. The van der Waals surface area contributed by atoms with Gasteiger partial charge in [0, 0.05) is 20.3 Å². The third kappa shape index (κ3) is 8.67. The molecule has 1 unspecified atom stereocenters. The van der Waals surface area contributed by atoms with Crippen LogP contribution in [-0.2, 0) is 23.8 Å². The highest BCUT2D eigenvalue weighted by Gasteiger charge is 2.38. The number of hydrogen-bond acceptors (Lipinski definition) is 5. The molecule has 0 rings (SSSR count). The molecule has 0 spiro atoms. The summed E-state index contributed by atoms with van der Waals surface area (Å²) < 4.78 is 15.1. The monoisotopic (exact) mass is 303 g/mol. The first-order chi connectivity index (χ1) is 9.84. The van der Waals surface area contributed by atoms with Crippen LogP contribution in [0.4, 0.5) is 0 Å². The minimum atomic E-state index is -0.799. The third-order valence-electron chi connectivity index (χ3n) is 2.85. The fraction of sp³-hybridized carbons (Fsp3) is 0.867. The zero-order chi connectivity index (χ0) is 16.3. The molecule has 0 aromatic rings. The van der Waals surface area contributed by atoms with Crippen molar-refractivity contribution >= 4 is 11.9 Å². The van der Waals surface area contributed by atoms with E-state index in [1.807, 2.05) is 20.8 Å². The summed E-state index contributed by atoms with van der Waals surface area (Å²) in [5.41, 5.74) is -0.481. The molecule has 6 nitrogen and oxygen atoms in total. The summed E-state index contributed by atoms with van der Waals surface area (Å²) >= 11 is 0. The molecule has 0 saturated carbocycles. The fourth-order valence-corrected chi connectivity index (χ4v) is 1.81. The molecule has 0 aromatic carbocycles. The van der Waals surface area contributed by atoms with Crippen LogP contribution in [0.15, 0.2) is 0 Å². The second-order valence-corrected chi connectivity index (χ2v) is 5.80.